The molecule has 0 unspecified atom stereocenters. The number of hydrogen-bond donors (Lipinski definition) is 0. The summed E-state index contributed by atoms with van der Waals surface area (Å²) in [6.07, 6.45) is 6.07. The Morgan fingerprint density at radius 2 is 1.67 bits per heavy atom. The summed E-state index contributed by atoms with van der Waals surface area (Å²) in [5, 5.41) is 0. The van der Waals surface area contributed by atoms with E-state index in [1.54, 1.807) is 44.6 Å². The number of ether oxygens (including phenoxy) is 3. The van der Waals surface area contributed by atoms with Crippen LogP contribution in [0, 0.1) is 0 Å². The maximum Gasteiger partial charge on any atom is 0.331 e. The number of esters is 1. The highest BCUT2D eigenvalue weighted by Crippen LogP contribution is 2.24. The van der Waals surface area contributed by atoms with E-state index in [1.165, 1.54) is 17.2 Å². The predicted octanol–water partition coefficient (Wildman–Crippen LogP) is 3.63. The number of rotatable bonds is 7. The van der Waals surface area contributed by atoms with Gasteiger partial charge in [0.15, 0.2) is 12.4 Å². The molecule has 0 amide bonds. The molecule has 1 aliphatic rings. The fourth-order valence-electron chi connectivity index (χ4n) is 3.10. The number of hydrogen-bond acceptors (Lipinski definition) is 5. The molecular formula is C22H22O5. The first kappa shape index (κ1) is 18.7. The number of benzene rings is 2. The minimum absolute atomic E-state index is 0.200. The van der Waals surface area contributed by atoms with Gasteiger partial charge in [0.1, 0.15) is 11.5 Å². The molecule has 140 valence electrons. The molecule has 2 aromatic carbocycles. The van der Waals surface area contributed by atoms with Crippen LogP contribution in [0.15, 0.2) is 42.5 Å². The summed E-state index contributed by atoms with van der Waals surface area (Å²) in [5.41, 5.74) is 3.84. The van der Waals surface area contributed by atoms with Crippen LogP contribution in [0.1, 0.15) is 33.5 Å². The molecule has 1 aliphatic carbocycles. The van der Waals surface area contributed by atoms with Crippen molar-refractivity contribution in [2.45, 2.75) is 19.3 Å². The lowest BCUT2D eigenvalue weighted by Crippen LogP contribution is -2.12. The first-order valence-corrected chi connectivity index (χ1v) is 8.82. The predicted molar refractivity (Wildman–Crippen MR) is 102 cm³/mol. The summed E-state index contributed by atoms with van der Waals surface area (Å²) in [5.74, 6) is 0.462. The maximum atomic E-state index is 12.3. The second kappa shape index (κ2) is 8.54. The van der Waals surface area contributed by atoms with Crippen LogP contribution in [0.2, 0.25) is 0 Å². The summed E-state index contributed by atoms with van der Waals surface area (Å²) in [7, 11) is 3.11. The zero-order valence-corrected chi connectivity index (χ0v) is 15.5. The van der Waals surface area contributed by atoms with Crippen LogP contribution in [0.4, 0.5) is 0 Å². The highest BCUT2D eigenvalue weighted by atomic mass is 16.5. The molecule has 3 rings (SSSR count). The second-order valence-electron chi connectivity index (χ2n) is 6.35. The van der Waals surface area contributed by atoms with E-state index in [9.17, 15) is 9.59 Å². The third-order valence-corrected chi connectivity index (χ3v) is 4.55. The Hall–Kier alpha value is -3.08. The molecule has 2 aromatic rings. The van der Waals surface area contributed by atoms with Gasteiger partial charge in [-0.3, -0.25) is 4.79 Å². The van der Waals surface area contributed by atoms with Crippen LogP contribution in [-0.2, 0) is 22.4 Å². The fraction of sp³-hybridized carbons (Fsp3) is 0.273. The largest absolute Gasteiger partial charge is 0.497 e. The van der Waals surface area contributed by atoms with Crippen LogP contribution in [0.5, 0.6) is 11.5 Å². The van der Waals surface area contributed by atoms with Gasteiger partial charge in [-0.05, 0) is 60.2 Å². The Labute approximate surface area is 158 Å². The molecule has 5 nitrogen and oxygen atoms in total. The maximum absolute atomic E-state index is 12.3. The molecule has 0 fully saturated rings. The zero-order valence-electron chi connectivity index (χ0n) is 15.5. The first-order chi connectivity index (χ1) is 13.1. The normalized spacial score (nSPS) is 12.7. The number of aryl methyl sites for hydroxylation is 2. The van der Waals surface area contributed by atoms with Crippen LogP contribution in [-0.4, -0.2) is 32.6 Å². The van der Waals surface area contributed by atoms with Crippen molar-refractivity contribution >= 4 is 17.8 Å². The fourth-order valence-corrected chi connectivity index (χ4v) is 3.10. The van der Waals surface area contributed by atoms with Crippen molar-refractivity contribution in [3.8, 4) is 11.5 Å². The number of fused-ring (bicyclic) bond motifs is 1. The van der Waals surface area contributed by atoms with Crippen molar-refractivity contribution in [2.75, 3.05) is 20.8 Å². The van der Waals surface area contributed by atoms with Crippen molar-refractivity contribution < 1.29 is 23.8 Å². The Kier molecular flexibility index (Phi) is 5.91. The van der Waals surface area contributed by atoms with Crippen LogP contribution in [0.3, 0.4) is 0 Å². The van der Waals surface area contributed by atoms with Gasteiger partial charge >= 0.3 is 5.97 Å². The minimum Gasteiger partial charge on any atom is -0.497 e. The number of carbonyl (C=O) groups is 2. The van der Waals surface area contributed by atoms with Crippen LogP contribution < -0.4 is 9.47 Å². The first-order valence-electron chi connectivity index (χ1n) is 8.82. The van der Waals surface area contributed by atoms with Crippen molar-refractivity contribution in [3.05, 3.63) is 64.7 Å². The molecule has 0 radical (unpaired) electrons. The Bertz CT molecular complexity index is 860. The van der Waals surface area contributed by atoms with Crippen molar-refractivity contribution in [3.63, 3.8) is 0 Å². The number of ketones is 1. The third-order valence-electron chi connectivity index (χ3n) is 4.55. The standard InChI is InChI=1S/C22H22O5/c1-25-19-10-15(11-20(13-19)26-2)6-9-22(24)27-14-21(23)18-8-7-16-4-3-5-17(16)12-18/h6-13H,3-5,14H2,1-2H3/b9-6+. The summed E-state index contributed by atoms with van der Waals surface area (Å²) in [6, 6.07) is 11.0. The molecule has 0 heterocycles. The number of methoxy groups -OCH3 is 2. The molecule has 0 saturated carbocycles. The minimum atomic E-state index is -0.578. The number of Topliss-reactive ketones (excluding diaryl/α,β-unsaturated/α-hetero) is 1. The Morgan fingerprint density at radius 1 is 0.963 bits per heavy atom. The third kappa shape index (κ3) is 4.76. The summed E-state index contributed by atoms with van der Waals surface area (Å²) < 4.78 is 15.5. The molecule has 0 bridgehead atoms. The van der Waals surface area contributed by atoms with E-state index >= 15 is 0 Å². The molecule has 0 N–H and O–H groups in total. The van der Waals surface area contributed by atoms with Gasteiger partial charge in [0, 0.05) is 17.7 Å². The quantitative estimate of drug-likeness (QED) is 0.425. The van der Waals surface area contributed by atoms with E-state index < -0.39 is 5.97 Å². The topological polar surface area (TPSA) is 61.8 Å². The second-order valence-corrected chi connectivity index (χ2v) is 6.35. The lowest BCUT2D eigenvalue weighted by molar-refractivity contribution is -0.136. The summed E-state index contributed by atoms with van der Waals surface area (Å²) in [6.45, 7) is -0.274. The van der Waals surface area contributed by atoms with Gasteiger partial charge in [-0.25, -0.2) is 4.79 Å². The molecule has 5 heteroatoms. The van der Waals surface area contributed by atoms with E-state index in [0.717, 1.165) is 24.8 Å². The summed E-state index contributed by atoms with van der Waals surface area (Å²) >= 11 is 0. The monoisotopic (exact) mass is 366 g/mol. The van der Waals surface area contributed by atoms with Gasteiger partial charge in [0.05, 0.1) is 14.2 Å². The Morgan fingerprint density at radius 3 is 2.37 bits per heavy atom. The molecule has 0 spiro atoms. The van der Waals surface area contributed by atoms with E-state index in [2.05, 4.69) is 0 Å². The lowest BCUT2D eigenvalue weighted by atomic mass is 10.0. The van der Waals surface area contributed by atoms with Crippen molar-refractivity contribution in [1.29, 1.82) is 0 Å². The highest BCUT2D eigenvalue weighted by molar-refractivity contribution is 5.99. The molecule has 0 saturated heterocycles. The molecule has 0 aliphatic heterocycles. The smallest absolute Gasteiger partial charge is 0.331 e. The van der Waals surface area contributed by atoms with Gasteiger partial charge in [0.25, 0.3) is 0 Å². The molecular weight excluding hydrogens is 344 g/mol. The van der Waals surface area contributed by atoms with Gasteiger partial charge in [0.2, 0.25) is 0 Å². The average molecular weight is 366 g/mol. The van der Waals surface area contributed by atoms with Gasteiger partial charge in [-0.1, -0.05) is 12.1 Å². The van der Waals surface area contributed by atoms with Crippen LogP contribution >= 0.6 is 0 Å². The summed E-state index contributed by atoms with van der Waals surface area (Å²) in [4.78, 5) is 24.2. The van der Waals surface area contributed by atoms with E-state index in [1.807, 2.05) is 12.1 Å². The molecule has 0 aromatic heterocycles. The van der Waals surface area contributed by atoms with Gasteiger partial charge < -0.3 is 14.2 Å². The highest BCUT2D eigenvalue weighted by Gasteiger charge is 2.14. The average Bonchev–Trinajstić information content (AvgIpc) is 3.17. The van der Waals surface area contributed by atoms with Crippen molar-refractivity contribution in [2.24, 2.45) is 0 Å². The zero-order chi connectivity index (χ0) is 19.2. The van der Waals surface area contributed by atoms with E-state index in [-0.39, 0.29) is 12.4 Å². The van der Waals surface area contributed by atoms with Crippen molar-refractivity contribution in [1.82, 2.24) is 0 Å². The van der Waals surface area contributed by atoms with Gasteiger partial charge in [-0.15, -0.1) is 0 Å². The molecule has 0 atom stereocenters. The molecule has 27 heavy (non-hydrogen) atoms. The SMILES string of the molecule is COc1cc(/C=C/C(=O)OCC(=O)c2ccc3c(c2)CCC3)cc(OC)c1. The Balaban J connectivity index is 1.58. The van der Waals surface area contributed by atoms with E-state index in [0.29, 0.717) is 17.1 Å². The van der Waals surface area contributed by atoms with Gasteiger partial charge in [-0.2, -0.15) is 0 Å². The van der Waals surface area contributed by atoms with Crippen LogP contribution in [0.25, 0.3) is 6.08 Å². The van der Waals surface area contributed by atoms with E-state index in [4.69, 9.17) is 14.2 Å². The lowest BCUT2D eigenvalue weighted by Gasteiger charge is -2.06. The number of carbonyl (C=O) groups excluding carboxylic acids is 2.